The fraction of sp³-hybridized carbons (Fsp3) is 0.222. The van der Waals surface area contributed by atoms with Gasteiger partial charge in [0.05, 0.1) is 0 Å². The highest BCUT2D eigenvalue weighted by Gasteiger charge is 1.99. The van der Waals surface area contributed by atoms with Crippen molar-refractivity contribution in [1.82, 2.24) is 0 Å². The molecule has 0 N–H and O–H groups in total. The van der Waals surface area contributed by atoms with E-state index in [1.54, 1.807) is 18.2 Å². The zero-order valence-electron chi connectivity index (χ0n) is 6.97. The van der Waals surface area contributed by atoms with Gasteiger partial charge in [0.25, 0.3) is 5.24 Å². The Morgan fingerprint density at radius 3 is 2.33 bits per heavy atom. The van der Waals surface area contributed by atoms with E-state index in [2.05, 4.69) is 15.9 Å². The molecule has 0 fully saturated rings. The Kier molecular flexibility index (Phi) is 6.03. The summed E-state index contributed by atoms with van der Waals surface area (Å²) in [6.45, 7) is 4.00. The number of carbonyl (C=O) groups excluding carboxylic acids is 1. The van der Waals surface area contributed by atoms with Crippen LogP contribution in [0.4, 0.5) is 0 Å². The SMILES string of the molecule is CC.O=C(Cl)c1cccc(Br)c1. The number of hydrogen-bond donors (Lipinski definition) is 0. The summed E-state index contributed by atoms with van der Waals surface area (Å²) in [4.78, 5) is 10.5. The molecule has 0 aromatic heterocycles. The molecule has 0 heterocycles. The van der Waals surface area contributed by atoms with E-state index in [1.165, 1.54) is 0 Å². The molecule has 66 valence electrons. The van der Waals surface area contributed by atoms with E-state index >= 15 is 0 Å². The molecule has 1 aromatic rings. The highest BCUT2D eigenvalue weighted by Crippen LogP contribution is 2.12. The van der Waals surface area contributed by atoms with Crippen molar-refractivity contribution in [2.75, 3.05) is 0 Å². The van der Waals surface area contributed by atoms with Gasteiger partial charge in [-0.3, -0.25) is 4.79 Å². The Hall–Kier alpha value is -0.340. The van der Waals surface area contributed by atoms with Crippen LogP contribution in [0.1, 0.15) is 24.2 Å². The van der Waals surface area contributed by atoms with Gasteiger partial charge in [-0.1, -0.05) is 41.9 Å². The van der Waals surface area contributed by atoms with E-state index in [9.17, 15) is 4.79 Å². The van der Waals surface area contributed by atoms with Crippen molar-refractivity contribution in [1.29, 1.82) is 0 Å². The predicted molar refractivity (Wildman–Crippen MR) is 55.7 cm³/mol. The zero-order chi connectivity index (χ0) is 9.56. The van der Waals surface area contributed by atoms with Gasteiger partial charge in [0, 0.05) is 10.0 Å². The van der Waals surface area contributed by atoms with Crippen molar-refractivity contribution in [3.05, 3.63) is 34.3 Å². The minimum Gasteiger partial charge on any atom is -0.276 e. The summed E-state index contributed by atoms with van der Waals surface area (Å²) >= 11 is 8.43. The van der Waals surface area contributed by atoms with E-state index in [-0.39, 0.29) is 0 Å². The molecule has 0 atom stereocenters. The molecule has 0 unspecified atom stereocenters. The Labute approximate surface area is 85.9 Å². The molecule has 0 saturated carbocycles. The first kappa shape index (κ1) is 11.7. The first-order valence-corrected chi connectivity index (χ1v) is 4.82. The molecule has 0 aliphatic carbocycles. The molecule has 0 aliphatic heterocycles. The van der Waals surface area contributed by atoms with Crippen molar-refractivity contribution in [3.8, 4) is 0 Å². The van der Waals surface area contributed by atoms with Crippen LogP contribution in [-0.4, -0.2) is 5.24 Å². The van der Waals surface area contributed by atoms with Gasteiger partial charge < -0.3 is 0 Å². The van der Waals surface area contributed by atoms with Gasteiger partial charge in [0.1, 0.15) is 0 Å². The number of hydrogen-bond acceptors (Lipinski definition) is 1. The van der Waals surface area contributed by atoms with Crippen LogP contribution < -0.4 is 0 Å². The smallest absolute Gasteiger partial charge is 0.252 e. The van der Waals surface area contributed by atoms with Crippen LogP contribution in [0.15, 0.2) is 28.7 Å². The number of carbonyl (C=O) groups is 1. The summed E-state index contributed by atoms with van der Waals surface area (Å²) in [6.07, 6.45) is 0. The first-order valence-electron chi connectivity index (χ1n) is 3.65. The summed E-state index contributed by atoms with van der Waals surface area (Å²) in [7, 11) is 0. The van der Waals surface area contributed by atoms with Crippen LogP contribution >= 0.6 is 27.5 Å². The molecule has 1 nitrogen and oxygen atoms in total. The lowest BCUT2D eigenvalue weighted by molar-refractivity contribution is 0.108. The van der Waals surface area contributed by atoms with E-state index in [1.807, 2.05) is 19.9 Å². The lowest BCUT2D eigenvalue weighted by Gasteiger charge is -1.92. The van der Waals surface area contributed by atoms with Crippen LogP contribution in [0.2, 0.25) is 0 Å². The Balaban J connectivity index is 0.000000561. The van der Waals surface area contributed by atoms with Crippen molar-refractivity contribution in [2.45, 2.75) is 13.8 Å². The number of halogens is 2. The van der Waals surface area contributed by atoms with Crippen LogP contribution in [0, 0.1) is 0 Å². The maximum absolute atomic E-state index is 10.5. The van der Waals surface area contributed by atoms with Crippen LogP contribution in [0.3, 0.4) is 0 Å². The van der Waals surface area contributed by atoms with E-state index in [0.29, 0.717) is 5.56 Å². The molecule has 1 rings (SSSR count). The highest BCUT2D eigenvalue weighted by atomic mass is 79.9. The number of benzene rings is 1. The summed E-state index contributed by atoms with van der Waals surface area (Å²) in [5.74, 6) is 0. The molecule has 0 bridgehead atoms. The summed E-state index contributed by atoms with van der Waals surface area (Å²) < 4.78 is 0.860. The van der Waals surface area contributed by atoms with Crippen molar-refractivity contribution < 1.29 is 4.79 Å². The Morgan fingerprint density at radius 2 is 2.00 bits per heavy atom. The van der Waals surface area contributed by atoms with Gasteiger partial charge in [-0.2, -0.15) is 0 Å². The standard InChI is InChI=1S/C7H4BrClO.C2H6/c8-6-3-1-2-5(4-6)7(9)10;1-2/h1-4H;1-2H3. The Morgan fingerprint density at radius 1 is 1.42 bits per heavy atom. The lowest BCUT2D eigenvalue weighted by Crippen LogP contribution is -1.86. The monoisotopic (exact) mass is 248 g/mol. The third-order valence-corrected chi connectivity index (χ3v) is 1.76. The van der Waals surface area contributed by atoms with Crippen LogP contribution in [-0.2, 0) is 0 Å². The average Bonchev–Trinajstić information content (AvgIpc) is 2.08. The summed E-state index contributed by atoms with van der Waals surface area (Å²) in [6, 6.07) is 6.94. The van der Waals surface area contributed by atoms with E-state index in [0.717, 1.165) is 4.47 Å². The molecular weight excluding hydrogens is 239 g/mol. The molecule has 0 saturated heterocycles. The third kappa shape index (κ3) is 3.88. The highest BCUT2D eigenvalue weighted by molar-refractivity contribution is 9.10. The van der Waals surface area contributed by atoms with Crippen molar-refractivity contribution >= 4 is 32.8 Å². The zero-order valence-corrected chi connectivity index (χ0v) is 9.32. The van der Waals surface area contributed by atoms with Gasteiger partial charge in [0.15, 0.2) is 0 Å². The molecule has 3 heteroatoms. The summed E-state index contributed by atoms with van der Waals surface area (Å²) in [5.41, 5.74) is 0.510. The molecule has 0 amide bonds. The second-order valence-electron chi connectivity index (χ2n) is 1.78. The third-order valence-electron chi connectivity index (χ3n) is 1.05. The van der Waals surface area contributed by atoms with Gasteiger partial charge in [-0.15, -0.1) is 0 Å². The molecule has 0 aliphatic rings. The van der Waals surface area contributed by atoms with Gasteiger partial charge in [-0.05, 0) is 23.7 Å². The second kappa shape index (κ2) is 6.21. The Bertz CT molecular complexity index is 260. The number of rotatable bonds is 1. The van der Waals surface area contributed by atoms with Crippen molar-refractivity contribution in [2.24, 2.45) is 0 Å². The van der Waals surface area contributed by atoms with Crippen LogP contribution in [0.25, 0.3) is 0 Å². The first-order chi connectivity index (χ1) is 5.70. The van der Waals surface area contributed by atoms with Gasteiger partial charge >= 0.3 is 0 Å². The van der Waals surface area contributed by atoms with Crippen LogP contribution in [0.5, 0.6) is 0 Å². The fourth-order valence-electron chi connectivity index (χ4n) is 0.611. The van der Waals surface area contributed by atoms with Gasteiger partial charge in [0.2, 0.25) is 0 Å². The maximum atomic E-state index is 10.5. The lowest BCUT2D eigenvalue weighted by atomic mass is 10.2. The van der Waals surface area contributed by atoms with Gasteiger partial charge in [-0.25, -0.2) is 0 Å². The van der Waals surface area contributed by atoms with E-state index in [4.69, 9.17) is 11.6 Å². The topological polar surface area (TPSA) is 17.1 Å². The minimum atomic E-state index is -0.429. The largest absolute Gasteiger partial charge is 0.276 e. The van der Waals surface area contributed by atoms with E-state index < -0.39 is 5.24 Å². The molecular formula is C9H10BrClO. The second-order valence-corrected chi connectivity index (χ2v) is 3.04. The molecule has 12 heavy (non-hydrogen) atoms. The maximum Gasteiger partial charge on any atom is 0.252 e. The van der Waals surface area contributed by atoms with Crippen molar-refractivity contribution in [3.63, 3.8) is 0 Å². The minimum absolute atomic E-state index is 0.429. The fourth-order valence-corrected chi connectivity index (χ4v) is 1.13. The quantitative estimate of drug-likeness (QED) is 0.691. The predicted octanol–water partition coefficient (Wildman–Crippen LogP) is 3.85. The summed E-state index contributed by atoms with van der Waals surface area (Å²) in [5, 5.41) is -0.429. The molecule has 0 spiro atoms. The normalized spacial score (nSPS) is 8.33. The molecule has 1 aromatic carbocycles. The average molecular weight is 250 g/mol. The molecule has 0 radical (unpaired) electrons.